The molecule has 0 unspecified atom stereocenters. The van der Waals surface area contributed by atoms with Crippen molar-refractivity contribution in [2.45, 2.75) is 45.7 Å². The molecule has 0 fully saturated rings. The van der Waals surface area contributed by atoms with Gasteiger partial charge in [-0.15, -0.1) is 13.2 Å². The Kier molecular flexibility index (Phi) is 7.77. The van der Waals surface area contributed by atoms with Gasteiger partial charge < -0.3 is 14.8 Å². The lowest BCUT2D eigenvalue weighted by atomic mass is 9.87. The zero-order valence-corrected chi connectivity index (χ0v) is 21.1. The molecule has 4 aromatic carbocycles. The van der Waals surface area contributed by atoms with Gasteiger partial charge in [0.2, 0.25) is 0 Å². The predicted octanol–water partition coefficient (Wildman–Crippen LogP) is 8.74. The van der Waals surface area contributed by atoms with E-state index in [-0.39, 0.29) is 11.2 Å². The van der Waals surface area contributed by atoms with Gasteiger partial charge in [-0.1, -0.05) is 93.6 Å². The van der Waals surface area contributed by atoms with E-state index in [9.17, 15) is 13.2 Å². The van der Waals surface area contributed by atoms with Crippen molar-refractivity contribution < 1.29 is 22.6 Å². The Balaban J connectivity index is 1.54. The quantitative estimate of drug-likeness (QED) is 0.260. The number of halogens is 3. The van der Waals surface area contributed by atoms with Crippen molar-refractivity contribution in [3.05, 3.63) is 114 Å². The molecule has 4 rings (SSSR count). The number of ether oxygens (including phenoxy) is 2. The van der Waals surface area contributed by atoms with E-state index in [2.05, 4.69) is 55.1 Å². The molecule has 3 nitrogen and oxygen atoms in total. The minimum absolute atomic E-state index is 0.0841. The fourth-order valence-corrected chi connectivity index (χ4v) is 3.88. The lowest BCUT2D eigenvalue weighted by Crippen LogP contribution is -2.16. The molecular weight excluding hydrogens is 475 g/mol. The molecule has 0 radical (unpaired) electrons. The minimum Gasteiger partial charge on any atom is -0.487 e. The molecular formula is C31H30F3NO2. The van der Waals surface area contributed by atoms with E-state index >= 15 is 0 Å². The van der Waals surface area contributed by atoms with Gasteiger partial charge >= 0.3 is 6.36 Å². The number of benzene rings is 4. The van der Waals surface area contributed by atoms with Crippen LogP contribution in [0, 0.1) is 0 Å². The second kappa shape index (κ2) is 11.0. The van der Waals surface area contributed by atoms with Crippen molar-refractivity contribution in [2.75, 3.05) is 5.32 Å². The van der Waals surface area contributed by atoms with E-state index in [4.69, 9.17) is 4.74 Å². The number of alkyl halides is 3. The maximum atomic E-state index is 12.5. The molecule has 0 aromatic heterocycles. The molecule has 0 aliphatic rings. The Morgan fingerprint density at radius 3 is 1.97 bits per heavy atom. The zero-order valence-electron chi connectivity index (χ0n) is 21.1. The van der Waals surface area contributed by atoms with Crippen LogP contribution < -0.4 is 14.8 Å². The van der Waals surface area contributed by atoms with E-state index < -0.39 is 6.36 Å². The Morgan fingerprint density at radius 2 is 1.35 bits per heavy atom. The lowest BCUT2D eigenvalue weighted by Gasteiger charge is -2.19. The average Bonchev–Trinajstić information content (AvgIpc) is 2.86. The van der Waals surface area contributed by atoms with E-state index in [0.717, 1.165) is 27.9 Å². The highest BCUT2D eigenvalue weighted by Gasteiger charge is 2.31. The van der Waals surface area contributed by atoms with Crippen molar-refractivity contribution in [3.8, 4) is 22.6 Å². The molecule has 192 valence electrons. The van der Waals surface area contributed by atoms with E-state index in [1.807, 2.05) is 48.5 Å². The summed E-state index contributed by atoms with van der Waals surface area (Å²) in [5.41, 5.74) is 5.93. The lowest BCUT2D eigenvalue weighted by molar-refractivity contribution is -0.274. The summed E-state index contributed by atoms with van der Waals surface area (Å²) in [7, 11) is 0. The predicted molar refractivity (Wildman–Crippen MR) is 142 cm³/mol. The SMILES string of the molecule is CC(C)(C)c1ccc(COc2ccc(-c3ccc(OC(F)(F)F)cc3)cc2NCc2ccccc2)cc1. The van der Waals surface area contributed by atoms with Gasteiger partial charge in [0.1, 0.15) is 18.1 Å². The summed E-state index contributed by atoms with van der Waals surface area (Å²) in [6.07, 6.45) is -4.72. The third-order valence-corrected chi connectivity index (χ3v) is 5.94. The summed E-state index contributed by atoms with van der Waals surface area (Å²) in [6.45, 7) is 7.55. The first-order chi connectivity index (χ1) is 17.6. The second-order valence-electron chi connectivity index (χ2n) is 9.86. The van der Waals surface area contributed by atoms with E-state index in [1.165, 1.54) is 17.7 Å². The number of nitrogens with one attached hydrogen (secondary N) is 1. The summed E-state index contributed by atoms with van der Waals surface area (Å²) in [4.78, 5) is 0. The van der Waals surface area contributed by atoms with Crippen LogP contribution in [-0.4, -0.2) is 6.36 Å². The molecule has 0 heterocycles. The van der Waals surface area contributed by atoms with Crippen molar-refractivity contribution in [3.63, 3.8) is 0 Å². The van der Waals surface area contributed by atoms with Gasteiger partial charge in [-0.2, -0.15) is 0 Å². The van der Waals surface area contributed by atoms with Gasteiger partial charge in [0.05, 0.1) is 5.69 Å². The van der Waals surface area contributed by atoms with Crippen LogP contribution in [0.25, 0.3) is 11.1 Å². The maximum Gasteiger partial charge on any atom is 0.573 e. The first-order valence-electron chi connectivity index (χ1n) is 12.1. The highest BCUT2D eigenvalue weighted by Crippen LogP contribution is 2.33. The molecule has 0 amide bonds. The van der Waals surface area contributed by atoms with Gasteiger partial charge in [-0.25, -0.2) is 0 Å². The van der Waals surface area contributed by atoms with Gasteiger partial charge in [-0.05, 0) is 57.5 Å². The Labute approximate surface area is 215 Å². The molecule has 1 N–H and O–H groups in total. The molecule has 4 aromatic rings. The third kappa shape index (κ3) is 7.53. The third-order valence-electron chi connectivity index (χ3n) is 5.94. The molecule has 0 atom stereocenters. The Hall–Kier alpha value is -3.93. The molecule has 0 aliphatic carbocycles. The van der Waals surface area contributed by atoms with Crippen LogP contribution in [0.5, 0.6) is 11.5 Å². The van der Waals surface area contributed by atoms with E-state index in [1.54, 1.807) is 12.1 Å². The monoisotopic (exact) mass is 505 g/mol. The number of rotatable bonds is 8. The maximum absolute atomic E-state index is 12.5. The molecule has 0 saturated carbocycles. The molecule has 0 spiro atoms. The summed E-state index contributed by atoms with van der Waals surface area (Å²) in [5.74, 6) is 0.438. The molecule has 37 heavy (non-hydrogen) atoms. The van der Waals surface area contributed by atoms with Crippen LogP contribution in [0.3, 0.4) is 0 Å². The van der Waals surface area contributed by atoms with Crippen LogP contribution >= 0.6 is 0 Å². The summed E-state index contributed by atoms with van der Waals surface area (Å²) in [5, 5.41) is 3.45. The number of anilines is 1. The number of hydrogen-bond acceptors (Lipinski definition) is 3. The first kappa shape index (κ1) is 26.1. The Bertz CT molecular complexity index is 1290. The summed E-state index contributed by atoms with van der Waals surface area (Å²) >= 11 is 0. The van der Waals surface area contributed by atoms with Crippen molar-refractivity contribution in [2.24, 2.45) is 0 Å². The van der Waals surface area contributed by atoms with Crippen molar-refractivity contribution >= 4 is 5.69 Å². The van der Waals surface area contributed by atoms with E-state index in [0.29, 0.717) is 18.9 Å². The highest BCUT2D eigenvalue weighted by molar-refractivity contribution is 5.72. The van der Waals surface area contributed by atoms with Gasteiger partial charge in [0, 0.05) is 6.54 Å². The summed E-state index contributed by atoms with van der Waals surface area (Å²) in [6, 6.07) is 30.0. The normalized spacial score (nSPS) is 11.7. The Morgan fingerprint density at radius 1 is 0.703 bits per heavy atom. The smallest absolute Gasteiger partial charge is 0.487 e. The van der Waals surface area contributed by atoms with Crippen molar-refractivity contribution in [1.29, 1.82) is 0 Å². The fourth-order valence-electron chi connectivity index (χ4n) is 3.88. The van der Waals surface area contributed by atoms with Gasteiger partial charge in [0.25, 0.3) is 0 Å². The molecule has 0 saturated heterocycles. The zero-order chi connectivity index (χ0) is 26.5. The number of hydrogen-bond donors (Lipinski definition) is 1. The highest BCUT2D eigenvalue weighted by atomic mass is 19.4. The van der Waals surface area contributed by atoms with Crippen LogP contribution in [0.4, 0.5) is 18.9 Å². The topological polar surface area (TPSA) is 30.5 Å². The second-order valence-corrected chi connectivity index (χ2v) is 9.86. The summed E-state index contributed by atoms with van der Waals surface area (Å²) < 4.78 is 47.7. The first-order valence-corrected chi connectivity index (χ1v) is 12.1. The average molecular weight is 506 g/mol. The van der Waals surface area contributed by atoms with Crippen LogP contribution in [0.2, 0.25) is 0 Å². The minimum atomic E-state index is -4.72. The van der Waals surface area contributed by atoms with Crippen molar-refractivity contribution in [1.82, 2.24) is 0 Å². The molecule has 6 heteroatoms. The largest absolute Gasteiger partial charge is 0.573 e. The van der Waals surface area contributed by atoms with Gasteiger partial charge in [0.15, 0.2) is 0 Å². The van der Waals surface area contributed by atoms with Crippen LogP contribution in [0.1, 0.15) is 37.5 Å². The van der Waals surface area contributed by atoms with Gasteiger partial charge in [-0.3, -0.25) is 0 Å². The molecule has 0 aliphatic heterocycles. The molecule has 0 bridgehead atoms. The van der Waals surface area contributed by atoms with Crippen LogP contribution in [0.15, 0.2) is 97.1 Å². The van der Waals surface area contributed by atoms with Crippen LogP contribution in [-0.2, 0) is 18.6 Å². The fraction of sp³-hybridized carbons (Fsp3) is 0.226. The standard InChI is InChI=1S/C31H30F3NO2/c1-30(2,3)26-14-9-23(10-15-26)21-36-29-18-13-25(19-28(29)35-20-22-7-5-4-6-8-22)24-11-16-27(17-12-24)37-31(32,33)34/h4-19,35H,20-21H2,1-3H3.